The van der Waals surface area contributed by atoms with Gasteiger partial charge in [-0.15, -0.1) is 0 Å². The van der Waals surface area contributed by atoms with Crippen LogP contribution in [0.2, 0.25) is 5.02 Å². The highest BCUT2D eigenvalue weighted by Crippen LogP contribution is 2.33. The number of benzene rings is 2. The number of carbonyl (C=O) groups is 2. The highest BCUT2D eigenvalue weighted by Gasteiger charge is 2.40. The lowest BCUT2D eigenvalue weighted by atomic mass is 10.2. The standard InChI is InChI=1S/C20H16ClF3N4O3/c1-2-31-15-9-3-12(4-10-15)18(29)26-27-19(30)16-11-25-28(17(16)20(22,23)24)14-7-5-13(21)6-8-14/h3-11H,2H2,1H3,(H,26,29)(H,27,30). The smallest absolute Gasteiger partial charge is 0.434 e. The van der Waals surface area contributed by atoms with Crippen molar-refractivity contribution in [3.8, 4) is 11.4 Å². The fourth-order valence-corrected chi connectivity index (χ4v) is 2.81. The van der Waals surface area contributed by atoms with E-state index in [1.165, 1.54) is 36.4 Å². The van der Waals surface area contributed by atoms with E-state index in [1.54, 1.807) is 19.1 Å². The molecule has 0 unspecified atom stereocenters. The molecule has 2 amide bonds. The maximum absolute atomic E-state index is 13.7. The van der Waals surface area contributed by atoms with Gasteiger partial charge in [0, 0.05) is 10.6 Å². The molecule has 0 saturated carbocycles. The molecule has 0 bridgehead atoms. The molecule has 0 saturated heterocycles. The molecule has 0 atom stereocenters. The highest BCUT2D eigenvalue weighted by atomic mass is 35.5. The first kappa shape index (κ1) is 22.2. The summed E-state index contributed by atoms with van der Waals surface area (Å²) < 4.78 is 46.8. The van der Waals surface area contributed by atoms with Crippen molar-refractivity contribution in [1.82, 2.24) is 20.6 Å². The first-order valence-electron chi connectivity index (χ1n) is 8.95. The second-order valence-electron chi connectivity index (χ2n) is 6.16. The predicted octanol–water partition coefficient (Wildman–Crippen LogP) is 4.02. The van der Waals surface area contributed by atoms with Crippen molar-refractivity contribution in [2.75, 3.05) is 6.61 Å². The van der Waals surface area contributed by atoms with Crippen LogP contribution in [-0.2, 0) is 6.18 Å². The largest absolute Gasteiger partial charge is 0.494 e. The van der Waals surface area contributed by atoms with Gasteiger partial charge in [0.1, 0.15) is 5.75 Å². The summed E-state index contributed by atoms with van der Waals surface area (Å²) >= 11 is 5.77. The molecule has 0 spiro atoms. The van der Waals surface area contributed by atoms with E-state index in [9.17, 15) is 22.8 Å². The normalized spacial score (nSPS) is 11.1. The van der Waals surface area contributed by atoms with Crippen LogP contribution >= 0.6 is 11.6 Å². The Hall–Kier alpha value is -3.53. The molecule has 162 valence electrons. The molecule has 1 aromatic heterocycles. The topological polar surface area (TPSA) is 85.2 Å². The molecular weight excluding hydrogens is 437 g/mol. The number of nitrogens with one attached hydrogen (secondary N) is 2. The Labute approximate surface area is 179 Å². The summed E-state index contributed by atoms with van der Waals surface area (Å²) in [5.74, 6) is -1.34. The van der Waals surface area contributed by atoms with Gasteiger partial charge in [0.05, 0.1) is 24.1 Å². The number of rotatable bonds is 5. The minimum atomic E-state index is -4.89. The SMILES string of the molecule is CCOc1ccc(C(=O)NNC(=O)c2cnn(-c3ccc(Cl)cc3)c2C(F)(F)F)cc1. The molecule has 0 aliphatic heterocycles. The summed E-state index contributed by atoms with van der Waals surface area (Å²) in [4.78, 5) is 24.5. The first-order chi connectivity index (χ1) is 14.7. The molecule has 0 fully saturated rings. The molecule has 0 radical (unpaired) electrons. The van der Waals surface area contributed by atoms with Crippen molar-refractivity contribution < 1.29 is 27.5 Å². The molecule has 3 rings (SSSR count). The van der Waals surface area contributed by atoms with Crippen LogP contribution < -0.4 is 15.6 Å². The van der Waals surface area contributed by atoms with E-state index in [0.717, 1.165) is 6.20 Å². The summed E-state index contributed by atoms with van der Waals surface area (Å²) in [6, 6.07) is 11.5. The number of halogens is 4. The van der Waals surface area contributed by atoms with Crippen LogP contribution in [0.25, 0.3) is 5.69 Å². The Bertz CT molecular complexity index is 1080. The van der Waals surface area contributed by atoms with E-state index in [1.807, 2.05) is 5.43 Å². The van der Waals surface area contributed by atoms with Crippen LogP contribution in [0, 0.1) is 0 Å². The summed E-state index contributed by atoms with van der Waals surface area (Å²) in [6.45, 7) is 2.26. The van der Waals surface area contributed by atoms with Crippen molar-refractivity contribution in [1.29, 1.82) is 0 Å². The zero-order chi connectivity index (χ0) is 22.6. The van der Waals surface area contributed by atoms with E-state index in [4.69, 9.17) is 16.3 Å². The number of hydrogen-bond donors (Lipinski definition) is 2. The van der Waals surface area contributed by atoms with Gasteiger partial charge in [0.15, 0.2) is 5.69 Å². The van der Waals surface area contributed by atoms with Gasteiger partial charge in [-0.05, 0) is 55.5 Å². The average molecular weight is 453 g/mol. The zero-order valence-corrected chi connectivity index (χ0v) is 16.8. The van der Waals surface area contributed by atoms with Crippen LogP contribution in [-0.4, -0.2) is 28.2 Å². The van der Waals surface area contributed by atoms with Crippen molar-refractivity contribution in [3.63, 3.8) is 0 Å². The summed E-state index contributed by atoms with van der Waals surface area (Å²) in [7, 11) is 0. The van der Waals surface area contributed by atoms with Gasteiger partial charge in [0.2, 0.25) is 0 Å². The van der Waals surface area contributed by atoms with Gasteiger partial charge in [0.25, 0.3) is 11.8 Å². The number of amides is 2. The van der Waals surface area contributed by atoms with Gasteiger partial charge in [-0.3, -0.25) is 20.4 Å². The minimum absolute atomic E-state index is 0.0641. The number of alkyl halides is 3. The second kappa shape index (κ2) is 9.09. The molecule has 31 heavy (non-hydrogen) atoms. The average Bonchev–Trinajstić information content (AvgIpc) is 3.19. The van der Waals surface area contributed by atoms with Crippen molar-refractivity contribution in [3.05, 3.63) is 76.6 Å². The molecule has 11 heteroatoms. The predicted molar refractivity (Wildman–Crippen MR) is 106 cm³/mol. The Morgan fingerprint density at radius 3 is 2.23 bits per heavy atom. The molecule has 1 heterocycles. The molecular formula is C20H16ClF3N4O3. The third-order valence-electron chi connectivity index (χ3n) is 4.07. The fourth-order valence-electron chi connectivity index (χ4n) is 2.69. The van der Waals surface area contributed by atoms with E-state index in [2.05, 4.69) is 10.5 Å². The van der Waals surface area contributed by atoms with Crippen molar-refractivity contribution in [2.24, 2.45) is 0 Å². The van der Waals surface area contributed by atoms with Crippen LogP contribution in [0.15, 0.2) is 54.7 Å². The fraction of sp³-hybridized carbons (Fsp3) is 0.150. The Morgan fingerprint density at radius 1 is 1.03 bits per heavy atom. The summed E-state index contributed by atoms with van der Waals surface area (Å²) in [5, 5.41) is 4.01. The molecule has 7 nitrogen and oxygen atoms in total. The summed E-state index contributed by atoms with van der Waals surface area (Å²) in [6.07, 6.45) is -4.11. The third kappa shape index (κ3) is 5.15. The Kier molecular flexibility index (Phi) is 6.50. The maximum atomic E-state index is 13.7. The van der Waals surface area contributed by atoms with Crippen LogP contribution in [0.3, 0.4) is 0 Å². The number of hydrogen-bond acceptors (Lipinski definition) is 4. The zero-order valence-electron chi connectivity index (χ0n) is 16.0. The van der Waals surface area contributed by atoms with E-state index < -0.39 is 29.2 Å². The Balaban J connectivity index is 1.78. The number of carbonyl (C=O) groups excluding carboxylic acids is 2. The van der Waals surface area contributed by atoms with Gasteiger partial charge < -0.3 is 4.74 Å². The summed E-state index contributed by atoms with van der Waals surface area (Å²) in [5.41, 5.74) is 2.26. The third-order valence-corrected chi connectivity index (χ3v) is 4.32. The lowest BCUT2D eigenvalue weighted by molar-refractivity contribution is -0.143. The quantitative estimate of drug-likeness (QED) is 0.573. The van der Waals surface area contributed by atoms with Gasteiger partial charge in [-0.1, -0.05) is 11.6 Å². The van der Waals surface area contributed by atoms with Gasteiger partial charge in [-0.2, -0.15) is 18.3 Å². The monoisotopic (exact) mass is 452 g/mol. The van der Waals surface area contributed by atoms with E-state index >= 15 is 0 Å². The van der Waals surface area contributed by atoms with E-state index in [-0.39, 0.29) is 11.3 Å². The number of aromatic nitrogens is 2. The molecule has 2 aromatic carbocycles. The Morgan fingerprint density at radius 2 is 1.65 bits per heavy atom. The maximum Gasteiger partial charge on any atom is 0.434 e. The number of ether oxygens (including phenoxy) is 1. The van der Waals surface area contributed by atoms with Crippen molar-refractivity contribution >= 4 is 23.4 Å². The van der Waals surface area contributed by atoms with Crippen molar-refractivity contribution in [2.45, 2.75) is 13.1 Å². The van der Waals surface area contributed by atoms with Crippen LogP contribution in [0.4, 0.5) is 13.2 Å². The lowest BCUT2D eigenvalue weighted by Gasteiger charge is -2.13. The van der Waals surface area contributed by atoms with Crippen LogP contribution in [0.5, 0.6) is 5.75 Å². The van der Waals surface area contributed by atoms with Gasteiger partial charge >= 0.3 is 6.18 Å². The minimum Gasteiger partial charge on any atom is -0.494 e. The lowest BCUT2D eigenvalue weighted by Crippen LogP contribution is -2.42. The van der Waals surface area contributed by atoms with Crippen LogP contribution in [0.1, 0.15) is 33.3 Å². The van der Waals surface area contributed by atoms with E-state index in [0.29, 0.717) is 22.1 Å². The first-order valence-corrected chi connectivity index (χ1v) is 9.33. The number of nitrogens with zero attached hydrogens (tertiary/aromatic N) is 2. The number of hydrazine groups is 1. The van der Waals surface area contributed by atoms with Gasteiger partial charge in [-0.25, -0.2) is 4.68 Å². The highest BCUT2D eigenvalue weighted by molar-refractivity contribution is 6.30. The molecule has 2 N–H and O–H groups in total. The molecule has 0 aliphatic rings. The second-order valence-corrected chi connectivity index (χ2v) is 6.59. The molecule has 3 aromatic rings. The molecule has 0 aliphatic carbocycles.